The second kappa shape index (κ2) is 11.1. The van der Waals surface area contributed by atoms with Crippen molar-refractivity contribution in [2.45, 2.75) is 18.2 Å². The molecule has 170 valence electrons. The third-order valence-corrected chi connectivity index (χ3v) is 5.84. The molecule has 0 spiro atoms. The molecule has 0 unspecified atom stereocenters. The van der Waals surface area contributed by atoms with E-state index < -0.39 is 10.1 Å². The van der Waals surface area contributed by atoms with Crippen LogP contribution < -0.4 is 10.5 Å². The van der Waals surface area contributed by atoms with Crippen LogP contribution in [0.15, 0.2) is 88.1 Å². The van der Waals surface area contributed by atoms with Gasteiger partial charge in [-0.1, -0.05) is 43.3 Å². The standard InChI is InChI=1S/C24H22N4O4S.Na.H/c1-2-13-32-22-10-6-5-9-19(22)20-12-11-16(15-26-20)27-28-21-14-23(33(29,30)31)17-7-3-4-8-18(17)24(21)25;;/h3-12,14-15H,2,13,25H2,1H3,(H,29,30,31);;/b28-27+;;. The van der Waals surface area contributed by atoms with Gasteiger partial charge in [0.2, 0.25) is 0 Å². The molecule has 4 aromatic rings. The summed E-state index contributed by atoms with van der Waals surface area (Å²) >= 11 is 0. The average molecular weight is 487 g/mol. The second-order valence-corrected chi connectivity index (χ2v) is 8.66. The number of pyridine rings is 1. The minimum atomic E-state index is -4.48. The molecule has 0 fully saturated rings. The van der Waals surface area contributed by atoms with Gasteiger partial charge in [-0.15, -0.1) is 10.2 Å². The van der Waals surface area contributed by atoms with Crippen molar-refractivity contribution in [3.63, 3.8) is 0 Å². The number of hydrogen-bond donors (Lipinski definition) is 2. The molecule has 0 amide bonds. The van der Waals surface area contributed by atoms with Gasteiger partial charge in [-0.3, -0.25) is 9.54 Å². The van der Waals surface area contributed by atoms with Gasteiger partial charge in [0, 0.05) is 16.3 Å². The van der Waals surface area contributed by atoms with Crippen LogP contribution in [-0.2, 0) is 10.1 Å². The van der Waals surface area contributed by atoms with Crippen molar-refractivity contribution < 1.29 is 17.7 Å². The molecule has 0 radical (unpaired) electrons. The van der Waals surface area contributed by atoms with Gasteiger partial charge in [0.05, 0.1) is 24.2 Å². The molecule has 4 rings (SSSR count). The first kappa shape index (κ1) is 25.8. The Labute approximate surface area is 219 Å². The number of fused-ring (bicyclic) bond motifs is 1. The Kier molecular flexibility index (Phi) is 8.40. The summed E-state index contributed by atoms with van der Waals surface area (Å²) in [6.07, 6.45) is 2.45. The Morgan fingerprint density at radius 2 is 1.71 bits per heavy atom. The number of nitrogens with zero attached hydrogens (tertiary/aromatic N) is 3. The van der Waals surface area contributed by atoms with E-state index in [1.54, 1.807) is 42.6 Å². The van der Waals surface area contributed by atoms with Crippen molar-refractivity contribution in [2.24, 2.45) is 10.2 Å². The number of nitrogen functional groups attached to an aromatic ring is 1. The van der Waals surface area contributed by atoms with Gasteiger partial charge in [0.15, 0.2) is 0 Å². The zero-order chi connectivity index (χ0) is 23.4. The van der Waals surface area contributed by atoms with Gasteiger partial charge < -0.3 is 10.5 Å². The Morgan fingerprint density at radius 3 is 2.38 bits per heavy atom. The van der Waals surface area contributed by atoms with E-state index >= 15 is 0 Å². The van der Waals surface area contributed by atoms with E-state index in [9.17, 15) is 13.0 Å². The predicted molar refractivity (Wildman–Crippen MR) is 135 cm³/mol. The molecule has 34 heavy (non-hydrogen) atoms. The van der Waals surface area contributed by atoms with Gasteiger partial charge in [0.25, 0.3) is 10.1 Å². The van der Waals surface area contributed by atoms with E-state index in [1.165, 1.54) is 6.07 Å². The van der Waals surface area contributed by atoms with E-state index in [-0.39, 0.29) is 45.8 Å². The first-order chi connectivity index (χ1) is 15.9. The normalized spacial score (nSPS) is 11.5. The SMILES string of the molecule is CCCOc1ccccc1-c1ccc(/N=N/c2cc(S(=O)(=O)O)c3ccccc3c2N)cn1.[NaH]. The van der Waals surface area contributed by atoms with Crippen molar-refractivity contribution in [1.82, 2.24) is 4.98 Å². The van der Waals surface area contributed by atoms with Crippen molar-refractivity contribution in [3.8, 4) is 17.0 Å². The maximum atomic E-state index is 11.9. The zero-order valence-corrected chi connectivity index (χ0v) is 18.7. The Morgan fingerprint density at radius 1 is 1.00 bits per heavy atom. The zero-order valence-electron chi connectivity index (χ0n) is 17.8. The molecule has 0 aliphatic carbocycles. The van der Waals surface area contributed by atoms with Crippen molar-refractivity contribution >= 4 is 67.5 Å². The molecule has 3 aromatic carbocycles. The van der Waals surface area contributed by atoms with Gasteiger partial charge in [-0.25, -0.2) is 0 Å². The topological polar surface area (TPSA) is 127 Å². The first-order valence-corrected chi connectivity index (χ1v) is 11.7. The van der Waals surface area contributed by atoms with Crippen molar-refractivity contribution in [2.75, 3.05) is 12.3 Å². The molecule has 0 aliphatic rings. The molecule has 1 heterocycles. The van der Waals surface area contributed by atoms with Crippen LogP contribution in [0.1, 0.15) is 13.3 Å². The summed E-state index contributed by atoms with van der Waals surface area (Å²) in [5, 5.41) is 9.04. The summed E-state index contributed by atoms with van der Waals surface area (Å²) in [6.45, 7) is 2.66. The summed E-state index contributed by atoms with van der Waals surface area (Å²) in [6, 6.07) is 19.0. The van der Waals surface area contributed by atoms with Crippen molar-refractivity contribution in [3.05, 3.63) is 72.9 Å². The first-order valence-electron chi connectivity index (χ1n) is 10.3. The van der Waals surface area contributed by atoms with E-state index in [2.05, 4.69) is 15.2 Å². The van der Waals surface area contributed by atoms with E-state index in [4.69, 9.17) is 10.5 Å². The second-order valence-electron chi connectivity index (χ2n) is 7.27. The fraction of sp³-hybridized carbons (Fsp3) is 0.125. The molecular weight excluding hydrogens is 463 g/mol. The van der Waals surface area contributed by atoms with Crippen LogP contribution in [0, 0.1) is 0 Å². The van der Waals surface area contributed by atoms with Gasteiger partial charge in [-0.05, 0) is 36.8 Å². The maximum absolute atomic E-state index is 11.9. The van der Waals surface area contributed by atoms with Crippen LogP contribution in [0.3, 0.4) is 0 Å². The van der Waals surface area contributed by atoms with Crippen LogP contribution in [-0.4, -0.2) is 54.1 Å². The van der Waals surface area contributed by atoms with Crippen LogP contribution in [0.4, 0.5) is 17.1 Å². The summed E-state index contributed by atoms with van der Waals surface area (Å²) in [4.78, 5) is 4.18. The number of rotatable bonds is 7. The van der Waals surface area contributed by atoms with Gasteiger partial charge in [-0.2, -0.15) is 8.42 Å². The summed E-state index contributed by atoms with van der Waals surface area (Å²) in [5.74, 6) is 0.753. The monoisotopic (exact) mass is 486 g/mol. The number of anilines is 1. The molecule has 0 saturated heterocycles. The number of aromatic nitrogens is 1. The van der Waals surface area contributed by atoms with Crippen LogP contribution >= 0.6 is 0 Å². The Bertz CT molecular complexity index is 1440. The molecule has 10 heteroatoms. The average Bonchev–Trinajstić information content (AvgIpc) is 2.82. The number of benzene rings is 3. The number of azo groups is 1. The molecule has 8 nitrogen and oxygen atoms in total. The van der Waals surface area contributed by atoms with E-state index in [0.29, 0.717) is 23.1 Å². The number of hydrogen-bond acceptors (Lipinski definition) is 7. The molecule has 0 aliphatic heterocycles. The summed E-state index contributed by atoms with van der Waals surface area (Å²) in [5.41, 5.74) is 8.62. The third kappa shape index (κ3) is 5.63. The molecule has 3 N–H and O–H groups in total. The molecular formula is C24H23N4NaO4S. The van der Waals surface area contributed by atoms with E-state index in [1.807, 2.05) is 31.2 Å². The molecule has 0 saturated carbocycles. The Balaban J connectivity index is 0.00000324. The number of ether oxygens (including phenoxy) is 1. The van der Waals surface area contributed by atoms with E-state index in [0.717, 1.165) is 23.4 Å². The fourth-order valence-electron chi connectivity index (χ4n) is 3.38. The van der Waals surface area contributed by atoms with Gasteiger partial charge >= 0.3 is 29.6 Å². The third-order valence-electron chi connectivity index (χ3n) is 4.95. The molecule has 1 aromatic heterocycles. The number of nitrogens with two attached hydrogens (primary N) is 1. The quantitative estimate of drug-likeness (QED) is 0.158. The summed E-state index contributed by atoms with van der Waals surface area (Å²) < 4.78 is 39.2. The minimum absolute atomic E-state index is 0. The fourth-order valence-corrected chi connectivity index (χ4v) is 4.10. The van der Waals surface area contributed by atoms with Crippen LogP contribution in [0.5, 0.6) is 5.75 Å². The van der Waals surface area contributed by atoms with Crippen LogP contribution in [0.2, 0.25) is 0 Å². The van der Waals surface area contributed by atoms with Crippen LogP contribution in [0.25, 0.3) is 22.0 Å². The van der Waals surface area contributed by atoms with Crippen molar-refractivity contribution in [1.29, 1.82) is 0 Å². The molecule has 0 atom stereocenters. The molecule has 0 bridgehead atoms. The summed E-state index contributed by atoms with van der Waals surface area (Å²) in [7, 11) is -4.48. The predicted octanol–water partition coefficient (Wildman–Crippen LogP) is 5.29. The van der Waals surface area contributed by atoms with Gasteiger partial charge in [0.1, 0.15) is 22.0 Å². The number of para-hydroxylation sites is 1. The Hall–Kier alpha value is -2.82.